The summed E-state index contributed by atoms with van der Waals surface area (Å²) in [7, 11) is 0. The van der Waals surface area contributed by atoms with Gasteiger partial charge in [-0.3, -0.25) is 14.6 Å². The topological polar surface area (TPSA) is 79.3 Å². The van der Waals surface area contributed by atoms with Gasteiger partial charge in [0.25, 0.3) is 5.91 Å². The summed E-state index contributed by atoms with van der Waals surface area (Å²) in [5.74, 6) is -2.11. The number of aliphatic carboxylic acids is 1. The number of rotatable bonds is 3. The minimum Gasteiger partial charge on any atom is -0.480 e. The van der Waals surface area contributed by atoms with Crippen LogP contribution in [0.1, 0.15) is 23.0 Å². The number of pyridine rings is 1. The van der Waals surface area contributed by atoms with Crippen LogP contribution in [-0.4, -0.2) is 28.0 Å². The Hall–Kier alpha value is -2.64. The van der Waals surface area contributed by atoms with Gasteiger partial charge in [0.15, 0.2) is 0 Å². The number of aromatic nitrogens is 1. The number of nitrogens with zero attached hydrogens (tertiary/aromatic N) is 1. The zero-order valence-electron chi connectivity index (χ0n) is 11.3. The molecule has 116 valence electrons. The minimum absolute atomic E-state index is 0.00686. The molecule has 0 aliphatic carbocycles. The van der Waals surface area contributed by atoms with Crippen molar-refractivity contribution in [1.29, 1.82) is 0 Å². The molecule has 22 heavy (non-hydrogen) atoms. The van der Waals surface area contributed by atoms with Gasteiger partial charge in [0.1, 0.15) is 11.7 Å². The van der Waals surface area contributed by atoms with E-state index in [1.807, 2.05) is 0 Å². The number of alkyl halides is 3. The quantitative estimate of drug-likeness (QED) is 0.912. The van der Waals surface area contributed by atoms with Crippen molar-refractivity contribution in [3.05, 3.63) is 41.7 Å². The number of carboxylic acid groups (broad SMARTS) is 1. The van der Waals surface area contributed by atoms with Crippen LogP contribution in [0, 0.1) is 0 Å². The summed E-state index contributed by atoms with van der Waals surface area (Å²) in [4.78, 5) is 26.5. The summed E-state index contributed by atoms with van der Waals surface area (Å²) >= 11 is 0. The Morgan fingerprint density at radius 3 is 2.50 bits per heavy atom. The van der Waals surface area contributed by atoms with Crippen LogP contribution in [0.4, 0.5) is 13.2 Å². The van der Waals surface area contributed by atoms with Crippen LogP contribution in [-0.2, 0) is 11.0 Å². The van der Waals surface area contributed by atoms with Crippen molar-refractivity contribution in [2.24, 2.45) is 0 Å². The molecule has 1 aromatic carbocycles. The average molecular weight is 312 g/mol. The number of hydrogen-bond acceptors (Lipinski definition) is 3. The predicted molar refractivity (Wildman–Crippen MR) is 71.3 cm³/mol. The molecule has 2 N–H and O–H groups in total. The fourth-order valence-electron chi connectivity index (χ4n) is 1.96. The third-order valence-electron chi connectivity index (χ3n) is 3.04. The molecule has 0 spiro atoms. The van der Waals surface area contributed by atoms with Crippen molar-refractivity contribution in [1.82, 2.24) is 10.3 Å². The van der Waals surface area contributed by atoms with Crippen LogP contribution in [0.2, 0.25) is 0 Å². The second-order valence-corrected chi connectivity index (χ2v) is 4.59. The average Bonchev–Trinajstić information content (AvgIpc) is 2.44. The van der Waals surface area contributed by atoms with E-state index in [9.17, 15) is 22.8 Å². The maximum atomic E-state index is 13.0. The molecule has 0 radical (unpaired) electrons. The van der Waals surface area contributed by atoms with E-state index in [1.54, 1.807) is 0 Å². The van der Waals surface area contributed by atoms with Gasteiger partial charge in [0.05, 0.1) is 5.56 Å². The zero-order chi connectivity index (χ0) is 16.5. The van der Waals surface area contributed by atoms with Gasteiger partial charge in [-0.05, 0) is 24.4 Å². The van der Waals surface area contributed by atoms with Gasteiger partial charge in [-0.15, -0.1) is 0 Å². The van der Waals surface area contributed by atoms with Gasteiger partial charge in [0.2, 0.25) is 0 Å². The van der Waals surface area contributed by atoms with Gasteiger partial charge in [0, 0.05) is 11.6 Å². The third kappa shape index (κ3) is 3.00. The van der Waals surface area contributed by atoms with E-state index in [1.165, 1.54) is 19.1 Å². The summed E-state index contributed by atoms with van der Waals surface area (Å²) in [5.41, 5.74) is -1.13. The lowest BCUT2D eigenvalue weighted by atomic mass is 10.0. The van der Waals surface area contributed by atoms with Crippen molar-refractivity contribution in [3.8, 4) is 0 Å². The van der Waals surface area contributed by atoms with Crippen LogP contribution in [0.15, 0.2) is 30.5 Å². The molecular formula is C14H11F3N2O3. The Bertz CT molecular complexity index is 744. The third-order valence-corrected chi connectivity index (χ3v) is 3.04. The standard InChI is InChI=1S/C14H11F3N2O3/c1-7(13(21)22)19-12(20)11-9-3-2-4-10(14(15,16)17)8(9)5-6-18-11/h2-7H,1H3,(H,19,20)(H,21,22). The minimum atomic E-state index is -4.57. The normalized spacial score (nSPS) is 12.9. The fraction of sp³-hybridized carbons (Fsp3) is 0.214. The first-order valence-electron chi connectivity index (χ1n) is 6.20. The molecule has 1 unspecified atom stereocenters. The molecule has 0 bridgehead atoms. The highest BCUT2D eigenvalue weighted by molar-refractivity contribution is 6.06. The lowest BCUT2D eigenvalue weighted by molar-refractivity contribution is -0.139. The Balaban J connectivity index is 2.53. The summed E-state index contributed by atoms with van der Waals surface area (Å²) in [5, 5.41) is 10.8. The number of halogens is 3. The molecule has 5 nitrogen and oxygen atoms in total. The van der Waals surface area contributed by atoms with Crippen molar-refractivity contribution in [3.63, 3.8) is 0 Å². The second kappa shape index (κ2) is 5.63. The van der Waals surface area contributed by atoms with Gasteiger partial charge in [-0.2, -0.15) is 13.2 Å². The number of hydrogen-bond donors (Lipinski definition) is 2. The predicted octanol–water partition coefficient (Wildman–Crippen LogP) is 2.46. The van der Waals surface area contributed by atoms with Crippen molar-refractivity contribution in [2.45, 2.75) is 19.1 Å². The number of fused-ring (bicyclic) bond motifs is 1. The largest absolute Gasteiger partial charge is 0.480 e. The monoisotopic (exact) mass is 312 g/mol. The number of nitrogens with one attached hydrogen (secondary N) is 1. The van der Waals surface area contributed by atoms with Crippen LogP contribution < -0.4 is 5.32 Å². The first-order valence-corrected chi connectivity index (χ1v) is 6.20. The van der Waals surface area contributed by atoms with E-state index in [0.29, 0.717) is 0 Å². The highest BCUT2D eigenvalue weighted by atomic mass is 19.4. The highest BCUT2D eigenvalue weighted by Crippen LogP contribution is 2.35. The molecule has 0 aliphatic rings. The molecule has 1 heterocycles. The van der Waals surface area contributed by atoms with Crippen LogP contribution in [0.3, 0.4) is 0 Å². The van der Waals surface area contributed by atoms with Crippen LogP contribution >= 0.6 is 0 Å². The molecule has 0 saturated heterocycles. The van der Waals surface area contributed by atoms with E-state index in [0.717, 1.165) is 18.3 Å². The van der Waals surface area contributed by atoms with E-state index in [-0.39, 0.29) is 16.5 Å². The molecule has 2 aromatic rings. The van der Waals surface area contributed by atoms with Crippen LogP contribution in [0.5, 0.6) is 0 Å². The van der Waals surface area contributed by atoms with E-state index >= 15 is 0 Å². The molecule has 1 aromatic heterocycles. The van der Waals surface area contributed by atoms with Crippen molar-refractivity contribution >= 4 is 22.6 Å². The maximum absolute atomic E-state index is 13.0. The fourth-order valence-corrected chi connectivity index (χ4v) is 1.96. The van der Waals surface area contributed by atoms with Gasteiger partial charge in [-0.1, -0.05) is 12.1 Å². The number of benzene rings is 1. The summed E-state index contributed by atoms with van der Waals surface area (Å²) in [6.45, 7) is 1.24. The molecule has 1 amide bonds. The van der Waals surface area contributed by atoms with E-state index < -0.39 is 29.7 Å². The molecule has 0 saturated carbocycles. The SMILES string of the molecule is CC(NC(=O)c1nccc2c(C(F)(F)F)cccc12)C(=O)O. The van der Waals surface area contributed by atoms with Gasteiger partial charge < -0.3 is 10.4 Å². The molecule has 0 fully saturated rings. The lowest BCUT2D eigenvalue weighted by Gasteiger charge is -2.13. The molecule has 8 heteroatoms. The molecule has 2 rings (SSSR count). The highest BCUT2D eigenvalue weighted by Gasteiger charge is 2.33. The zero-order valence-corrected chi connectivity index (χ0v) is 11.3. The molecule has 1 atom stereocenters. The summed E-state index contributed by atoms with van der Waals surface area (Å²) in [6.07, 6.45) is -3.49. The summed E-state index contributed by atoms with van der Waals surface area (Å²) in [6, 6.07) is 3.39. The van der Waals surface area contributed by atoms with Crippen LogP contribution in [0.25, 0.3) is 10.8 Å². The smallest absolute Gasteiger partial charge is 0.417 e. The second-order valence-electron chi connectivity index (χ2n) is 4.59. The Labute approximate surface area is 122 Å². The first kappa shape index (κ1) is 15.7. The van der Waals surface area contributed by atoms with Crippen molar-refractivity contribution < 1.29 is 27.9 Å². The number of amides is 1. The van der Waals surface area contributed by atoms with E-state index in [4.69, 9.17) is 5.11 Å². The molecule has 0 aliphatic heterocycles. The summed E-state index contributed by atoms with van der Waals surface area (Å²) < 4.78 is 38.9. The van der Waals surface area contributed by atoms with Gasteiger partial charge in [-0.25, -0.2) is 0 Å². The number of carbonyl (C=O) groups excluding carboxylic acids is 1. The Morgan fingerprint density at radius 1 is 1.23 bits per heavy atom. The lowest BCUT2D eigenvalue weighted by Crippen LogP contribution is -2.38. The first-order chi connectivity index (χ1) is 10.2. The Morgan fingerprint density at radius 2 is 1.91 bits per heavy atom. The Kier molecular flexibility index (Phi) is 4.03. The van der Waals surface area contributed by atoms with Crippen molar-refractivity contribution in [2.75, 3.05) is 0 Å². The molecular weight excluding hydrogens is 301 g/mol. The number of carbonyl (C=O) groups is 2. The number of carboxylic acids is 1. The maximum Gasteiger partial charge on any atom is 0.417 e. The van der Waals surface area contributed by atoms with E-state index in [2.05, 4.69) is 10.3 Å². The van der Waals surface area contributed by atoms with Gasteiger partial charge >= 0.3 is 12.1 Å².